The average molecular weight is 262 g/mol. The number of hydrogen-bond acceptors (Lipinski definition) is 4. The summed E-state index contributed by atoms with van der Waals surface area (Å²) in [5, 5.41) is 8.32. The number of unbranched alkanes of at least 4 members (excludes halogenated alkanes) is 1. The molecule has 0 atom stereocenters. The average Bonchev–Trinajstić information content (AvgIpc) is 2.88. The first-order valence-corrected chi connectivity index (χ1v) is 7.31. The van der Waals surface area contributed by atoms with Crippen molar-refractivity contribution in [1.82, 2.24) is 15.0 Å². The molecule has 5 heteroatoms. The van der Waals surface area contributed by atoms with E-state index in [2.05, 4.69) is 40.8 Å². The third-order valence-electron chi connectivity index (χ3n) is 2.76. The van der Waals surface area contributed by atoms with Gasteiger partial charge in [-0.05, 0) is 56.3 Å². The van der Waals surface area contributed by atoms with Crippen LogP contribution in [0, 0.1) is 0 Å². The largest absolute Gasteiger partial charge is 0.330 e. The summed E-state index contributed by atoms with van der Waals surface area (Å²) in [5.41, 5.74) is 7.55. The van der Waals surface area contributed by atoms with Gasteiger partial charge in [0, 0.05) is 4.90 Å². The SMILES string of the molecule is CSc1ccc(-n2cc(CCCCN)nn2)cc1. The van der Waals surface area contributed by atoms with Gasteiger partial charge in [0.1, 0.15) is 0 Å². The molecule has 0 bridgehead atoms. The second-order valence-corrected chi connectivity index (χ2v) is 4.98. The Labute approximate surface area is 112 Å². The minimum absolute atomic E-state index is 0.740. The number of nitrogens with zero attached hydrogens (tertiary/aromatic N) is 3. The third-order valence-corrected chi connectivity index (χ3v) is 3.51. The molecular weight excluding hydrogens is 244 g/mol. The maximum absolute atomic E-state index is 5.47. The lowest BCUT2D eigenvalue weighted by Crippen LogP contribution is -1.99. The summed E-state index contributed by atoms with van der Waals surface area (Å²) in [5.74, 6) is 0. The maximum Gasteiger partial charge on any atom is 0.0831 e. The Morgan fingerprint density at radius 1 is 1.22 bits per heavy atom. The number of aromatic nitrogens is 3. The van der Waals surface area contributed by atoms with Crippen molar-refractivity contribution in [2.24, 2.45) is 5.73 Å². The molecule has 0 fully saturated rings. The molecule has 0 aliphatic heterocycles. The molecule has 4 nitrogen and oxygen atoms in total. The molecule has 0 aliphatic rings. The van der Waals surface area contributed by atoms with Crippen LogP contribution < -0.4 is 5.73 Å². The molecule has 0 spiro atoms. The van der Waals surface area contributed by atoms with Crippen LogP contribution in [0.5, 0.6) is 0 Å². The predicted molar refractivity (Wildman–Crippen MR) is 75.1 cm³/mol. The highest BCUT2D eigenvalue weighted by atomic mass is 32.2. The maximum atomic E-state index is 5.47. The van der Waals surface area contributed by atoms with Crippen LogP contribution in [0.1, 0.15) is 18.5 Å². The topological polar surface area (TPSA) is 56.7 Å². The van der Waals surface area contributed by atoms with Crippen molar-refractivity contribution in [3.63, 3.8) is 0 Å². The van der Waals surface area contributed by atoms with E-state index in [1.165, 1.54) is 4.90 Å². The zero-order valence-electron chi connectivity index (χ0n) is 10.5. The Kier molecular flexibility index (Phi) is 4.78. The third kappa shape index (κ3) is 3.34. The van der Waals surface area contributed by atoms with Crippen molar-refractivity contribution < 1.29 is 0 Å². The second-order valence-electron chi connectivity index (χ2n) is 4.10. The van der Waals surface area contributed by atoms with E-state index in [4.69, 9.17) is 5.73 Å². The van der Waals surface area contributed by atoms with Crippen LogP contribution in [0.3, 0.4) is 0 Å². The van der Waals surface area contributed by atoms with Gasteiger partial charge in [-0.15, -0.1) is 16.9 Å². The van der Waals surface area contributed by atoms with Gasteiger partial charge in [-0.25, -0.2) is 4.68 Å². The molecule has 2 N–H and O–H groups in total. The summed E-state index contributed by atoms with van der Waals surface area (Å²) in [6.07, 6.45) is 7.11. The Morgan fingerprint density at radius 2 is 2.00 bits per heavy atom. The minimum Gasteiger partial charge on any atom is -0.330 e. The van der Waals surface area contributed by atoms with E-state index in [9.17, 15) is 0 Å². The Balaban J connectivity index is 2.04. The van der Waals surface area contributed by atoms with Crippen molar-refractivity contribution >= 4 is 11.8 Å². The van der Waals surface area contributed by atoms with Crippen LogP contribution in [0.25, 0.3) is 5.69 Å². The molecule has 1 heterocycles. The summed E-state index contributed by atoms with van der Waals surface area (Å²) < 4.78 is 1.82. The van der Waals surface area contributed by atoms with Gasteiger partial charge in [0.2, 0.25) is 0 Å². The van der Waals surface area contributed by atoms with E-state index >= 15 is 0 Å². The van der Waals surface area contributed by atoms with Crippen molar-refractivity contribution in [3.05, 3.63) is 36.2 Å². The van der Waals surface area contributed by atoms with Crippen LogP contribution in [-0.2, 0) is 6.42 Å². The molecular formula is C13H18N4S. The predicted octanol–water partition coefficient (Wildman–Crippen LogP) is 2.27. The minimum atomic E-state index is 0.740. The summed E-state index contributed by atoms with van der Waals surface area (Å²) in [7, 11) is 0. The molecule has 1 aromatic heterocycles. The number of thioether (sulfide) groups is 1. The van der Waals surface area contributed by atoms with Crippen molar-refractivity contribution in [2.45, 2.75) is 24.2 Å². The van der Waals surface area contributed by atoms with Gasteiger partial charge in [-0.1, -0.05) is 5.21 Å². The fourth-order valence-electron chi connectivity index (χ4n) is 1.72. The first kappa shape index (κ1) is 13.1. The number of nitrogens with two attached hydrogens (primary N) is 1. The van der Waals surface area contributed by atoms with Crippen LogP contribution in [-0.4, -0.2) is 27.8 Å². The highest BCUT2D eigenvalue weighted by molar-refractivity contribution is 7.98. The van der Waals surface area contributed by atoms with E-state index in [0.717, 1.165) is 37.2 Å². The van der Waals surface area contributed by atoms with E-state index in [0.29, 0.717) is 0 Å². The van der Waals surface area contributed by atoms with Gasteiger partial charge < -0.3 is 5.73 Å². The van der Waals surface area contributed by atoms with Gasteiger partial charge >= 0.3 is 0 Å². The fraction of sp³-hybridized carbons (Fsp3) is 0.385. The first-order chi connectivity index (χ1) is 8.83. The molecule has 1 aromatic carbocycles. The van der Waals surface area contributed by atoms with E-state index in [1.54, 1.807) is 11.8 Å². The number of hydrogen-bond donors (Lipinski definition) is 1. The van der Waals surface area contributed by atoms with E-state index in [1.807, 2.05) is 10.9 Å². The monoisotopic (exact) mass is 262 g/mol. The van der Waals surface area contributed by atoms with Crippen LogP contribution >= 0.6 is 11.8 Å². The quantitative estimate of drug-likeness (QED) is 0.641. The van der Waals surface area contributed by atoms with Crippen LogP contribution in [0.2, 0.25) is 0 Å². The first-order valence-electron chi connectivity index (χ1n) is 6.09. The van der Waals surface area contributed by atoms with Gasteiger partial charge in [0.15, 0.2) is 0 Å². The normalized spacial score (nSPS) is 10.8. The van der Waals surface area contributed by atoms with Crippen LogP contribution in [0.4, 0.5) is 0 Å². The zero-order chi connectivity index (χ0) is 12.8. The van der Waals surface area contributed by atoms with Gasteiger partial charge in [-0.2, -0.15) is 0 Å². The Morgan fingerprint density at radius 3 is 2.67 bits per heavy atom. The van der Waals surface area contributed by atoms with E-state index in [-0.39, 0.29) is 0 Å². The number of aryl methyl sites for hydroxylation is 1. The number of benzene rings is 1. The highest BCUT2D eigenvalue weighted by Gasteiger charge is 2.02. The van der Waals surface area contributed by atoms with Crippen molar-refractivity contribution in [3.8, 4) is 5.69 Å². The van der Waals surface area contributed by atoms with Gasteiger partial charge in [-0.3, -0.25) is 0 Å². The molecule has 0 saturated heterocycles. The molecule has 2 rings (SSSR count). The standard InChI is InChI=1S/C13H18N4S/c1-18-13-7-5-12(6-8-13)17-10-11(15-16-17)4-2-3-9-14/h5-8,10H,2-4,9,14H2,1H3. The molecule has 0 unspecified atom stereocenters. The fourth-order valence-corrected chi connectivity index (χ4v) is 2.13. The van der Waals surface area contributed by atoms with E-state index < -0.39 is 0 Å². The number of rotatable bonds is 6. The lowest BCUT2D eigenvalue weighted by atomic mass is 10.2. The summed E-state index contributed by atoms with van der Waals surface area (Å²) >= 11 is 1.73. The zero-order valence-corrected chi connectivity index (χ0v) is 11.4. The van der Waals surface area contributed by atoms with Crippen molar-refractivity contribution in [1.29, 1.82) is 0 Å². The molecule has 18 heavy (non-hydrogen) atoms. The molecule has 0 radical (unpaired) electrons. The molecule has 2 aromatic rings. The van der Waals surface area contributed by atoms with Gasteiger partial charge in [0.25, 0.3) is 0 Å². The van der Waals surface area contributed by atoms with Gasteiger partial charge in [0.05, 0.1) is 17.6 Å². The molecule has 0 aliphatic carbocycles. The van der Waals surface area contributed by atoms with Crippen LogP contribution in [0.15, 0.2) is 35.4 Å². The van der Waals surface area contributed by atoms with Crippen molar-refractivity contribution in [2.75, 3.05) is 12.8 Å². The summed E-state index contributed by atoms with van der Waals surface area (Å²) in [4.78, 5) is 1.25. The Bertz CT molecular complexity index is 478. The molecule has 96 valence electrons. The second kappa shape index (κ2) is 6.56. The Hall–Kier alpha value is -1.33. The molecule has 0 saturated carbocycles. The highest BCUT2D eigenvalue weighted by Crippen LogP contribution is 2.16. The summed E-state index contributed by atoms with van der Waals surface area (Å²) in [6, 6.07) is 8.31. The lowest BCUT2D eigenvalue weighted by Gasteiger charge is -2.00. The smallest absolute Gasteiger partial charge is 0.0831 e. The summed E-state index contributed by atoms with van der Waals surface area (Å²) in [6.45, 7) is 0.740. The molecule has 0 amide bonds. The lowest BCUT2D eigenvalue weighted by molar-refractivity contribution is 0.727.